The molecular formula is C26H31N7OS. The fourth-order valence-electron chi connectivity index (χ4n) is 5.86. The van der Waals surface area contributed by atoms with Crippen LogP contribution in [0.25, 0.3) is 10.2 Å². The number of hydrogen-bond donors (Lipinski definition) is 3. The number of carbonyl (C=O) groups is 1. The molecule has 3 aromatic rings. The zero-order valence-electron chi connectivity index (χ0n) is 20.0. The molecule has 6 rings (SSSR count). The molecule has 8 nitrogen and oxygen atoms in total. The molecule has 2 unspecified atom stereocenters. The molecule has 2 aliphatic carbocycles. The van der Waals surface area contributed by atoms with Crippen LogP contribution in [0.15, 0.2) is 47.9 Å². The topological polar surface area (TPSA) is 99.4 Å². The van der Waals surface area contributed by atoms with E-state index in [9.17, 15) is 4.79 Å². The highest BCUT2D eigenvalue weighted by molar-refractivity contribution is 7.17. The number of hydrogen-bond acceptors (Lipinski definition) is 8. The lowest BCUT2D eigenvalue weighted by Gasteiger charge is -2.27. The summed E-state index contributed by atoms with van der Waals surface area (Å²) in [4.78, 5) is 26.5. The van der Waals surface area contributed by atoms with E-state index in [4.69, 9.17) is 15.7 Å². The van der Waals surface area contributed by atoms with E-state index in [0.29, 0.717) is 17.9 Å². The highest BCUT2D eigenvalue weighted by Gasteiger charge is 2.47. The number of anilines is 4. The second kappa shape index (κ2) is 8.80. The number of benzene rings is 1. The molecule has 1 aliphatic heterocycles. The van der Waals surface area contributed by atoms with Crippen molar-refractivity contribution in [3.63, 3.8) is 0 Å². The van der Waals surface area contributed by atoms with Gasteiger partial charge in [-0.25, -0.2) is 4.98 Å². The standard InChI is InChI=1S/C26H31N7OS/c1-32(2)19-9-11-33(14-19)18-7-5-17(6-8-18)28-26-29-20-10-12-35-23(20)25(31-26)30-22-16-4-3-15(13-16)21(22)24(27)34/h3-8,10,12,15-16,19,21-22H,9,11,13-14H2,1-2H3,(H2,27,34)(H2,28,29,30,31)/t15?,16-,19?,21-,22+/m0/s1. The third-order valence-electron chi connectivity index (χ3n) is 7.78. The molecule has 0 spiro atoms. The van der Waals surface area contributed by atoms with Crippen LogP contribution in [0.2, 0.25) is 0 Å². The van der Waals surface area contributed by atoms with E-state index >= 15 is 0 Å². The van der Waals surface area contributed by atoms with Gasteiger partial charge in [0.2, 0.25) is 11.9 Å². The van der Waals surface area contributed by atoms with Gasteiger partial charge in [-0.3, -0.25) is 4.79 Å². The summed E-state index contributed by atoms with van der Waals surface area (Å²) in [5.74, 6) is 1.35. The Labute approximate surface area is 209 Å². The molecule has 0 radical (unpaired) electrons. The van der Waals surface area contributed by atoms with Crippen molar-refractivity contribution < 1.29 is 4.79 Å². The highest BCUT2D eigenvalue weighted by atomic mass is 32.1. The molecule has 1 aromatic carbocycles. The van der Waals surface area contributed by atoms with Crippen LogP contribution in [0, 0.1) is 17.8 Å². The molecule has 1 amide bonds. The molecule has 2 fully saturated rings. The van der Waals surface area contributed by atoms with Gasteiger partial charge in [-0.05, 0) is 74.5 Å². The van der Waals surface area contributed by atoms with Crippen molar-refractivity contribution in [3.05, 3.63) is 47.9 Å². The maximum Gasteiger partial charge on any atom is 0.229 e. The number of nitrogens with two attached hydrogens (primary N) is 1. The van der Waals surface area contributed by atoms with Gasteiger partial charge in [-0.15, -0.1) is 11.3 Å². The fraction of sp³-hybridized carbons (Fsp3) is 0.423. The van der Waals surface area contributed by atoms with Crippen molar-refractivity contribution in [1.29, 1.82) is 0 Å². The Bertz CT molecular complexity index is 1270. The summed E-state index contributed by atoms with van der Waals surface area (Å²) in [6.45, 7) is 2.13. The number of amides is 1. The van der Waals surface area contributed by atoms with Crippen LogP contribution in [0.1, 0.15) is 12.8 Å². The maximum absolute atomic E-state index is 12.2. The van der Waals surface area contributed by atoms with E-state index in [1.165, 1.54) is 12.1 Å². The molecule has 4 N–H and O–H groups in total. The predicted molar refractivity (Wildman–Crippen MR) is 142 cm³/mol. The van der Waals surface area contributed by atoms with E-state index in [1.807, 2.05) is 11.4 Å². The minimum atomic E-state index is -0.246. The third kappa shape index (κ3) is 4.12. The van der Waals surface area contributed by atoms with Crippen LogP contribution in [0.5, 0.6) is 0 Å². The Balaban J connectivity index is 1.22. The van der Waals surface area contributed by atoms with E-state index in [2.05, 4.69) is 70.9 Å². The van der Waals surface area contributed by atoms with Gasteiger partial charge in [0, 0.05) is 36.5 Å². The second-order valence-electron chi connectivity index (χ2n) is 10.1. The lowest BCUT2D eigenvalue weighted by atomic mass is 9.88. The first-order valence-corrected chi connectivity index (χ1v) is 13.1. The van der Waals surface area contributed by atoms with Crippen LogP contribution in [-0.4, -0.2) is 60.0 Å². The monoisotopic (exact) mass is 489 g/mol. The number of rotatable bonds is 7. The van der Waals surface area contributed by atoms with Crippen LogP contribution >= 0.6 is 11.3 Å². The molecule has 3 aliphatic rings. The highest BCUT2D eigenvalue weighted by Crippen LogP contribution is 2.45. The number of likely N-dealkylation sites (N-methyl/N-ethyl adjacent to an activating group) is 1. The third-order valence-corrected chi connectivity index (χ3v) is 8.69. The summed E-state index contributed by atoms with van der Waals surface area (Å²) in [7, 11) is 4.30. The number of nitrogens with zero attached hydrogens (tertiary/aromatic N) is 4. The number of aromatic nitrogens is 2. The fourth-order valence-corrected chi connectivity index (χ4v) is 6.65. The molecule has 1 saturated heterocycles. The number of nitrogens with one attached hydrogen (secondary N) is 2. The summed E-state index contributed by atoms with van der Waals surface area (Å²) < 4.78 is 0.991. The summed E-state index contributed by atoms with van der Waals surface area (Å²) in [6.07, 6.45) is 6.49. The number of thiophene rings is 1. The molecule has 2 bridgehead atoms. The molecule has 9 heteroatoms. The molecule has 35 heavy (non-hydrogen) atoms. The Kier molecular flexibility index (Phi) is 5.61. The first-order chi connectivity index (χ1) is 17.0. The lowest BCUT2D eigenvalue weighted by molar-refractivity contribution is -0.122. The van der Waals surface area contributed by atoms with Crippen molar-refractivity contribution in [2.45, 2.75) is 24.9 Å². The smallest absolute Gasteiger partial charge is 0.229 e. The van der Waals surface area contributed by atoms with Crippen LogP contribution < -0.4 is 21.3 Å². The summed E-state index contributed by atoms with van der Waals surface area (Å²) in [6, 6.07) is 11.0. The van der Waals surface area contributed by atoms with Gasteiger partial charge in [0.25, 0.3) is 0 Å². The van der Waals surface area contributed by atoms with Crippen LogP contribution in [-0.2, 0) is 4.79 Å². The largest absolute Gasteiger partial charge is 0.370 e. The van der Waals surface area contributed by atoms with Gasteiger partial charge in [-0.1, -0.05) is 12.2 Å². The van der Waals surface area contributed by atoms with Gasteiger partial charge >= 0.3 is 0 Å². The minimum absolute atomic E-state index is 0.0405. The zero-order chi connectivity index (χ0) is 24.1. The average Bonchev–Trinajstić information content (AvgIpc) is 3.63. The van der Waals surface area contributed by atoms with Gasteiger partial charge in [0.15, 0.2) is 0 Å². The molecule has 5 atom stereocenters. The number of fused-ring (bicyclic) bond motifs is 3. The Morgan fingerprint density at radius 2 is 1.94 bits per heavy atom. The molecule has 1 saturated carbocycles. The molecule has 2 aromatic heterocycles. The molecular weight excluding hydrogens is 458 g/mol. The van der Waals surface area contributed by atoms with E-state index in [1.54, 1.807) is 11.3 Å². The van der Waals surface area contributed by atoms with E-state index < -0.39 is 0 Å². The number of carbonyl (C=O) groups excluding carboxylic acids is 1. The van der Waals surface area contributed by atoms with Gasteiger partial charge in [0.05, 0.1) is 16.1 Å². The maximum atomic E-state index is 12.2. The minimum Gasteiger partial charge on any atom is -0.370 e. The van der Waals surface area contributed by atoms with Crippen molar-refractivity contribution in [1.82, 2.24) is 14.9 Å². The zero-order valence-corrected chi connectivity index (χ0v) is 20.8. The Hall–Kier alpha value is -3.17. The number of primary amides is 1. The summed E-state index contributed by atoms with van der Waals surface area (Å²) >= 11 is 1.60. The quantitative estimate of drug-likeness (QED) is 0.436. The van der Waals surface area contributed by atoms with Crippen molar-refractivity contribution in [2.24, 2.45) is 23.5 Å². The van der Waals surface area contributed by atoms with Crippen molar-refractivity contribution in [3.8, 4) is 0 Å². The van der Waals surface area contributed by atoms with Gasteiger partial charge < -0.3 is 26.2 Å². The predicted octanol–water partition coefficient (Wildman–Crippen LogP) is 3.66. The van der Waals surface area contributed by atoms with Crippen molar-refractivity contribution in [2.75, 3.05) is 42.7 Å². The lowest BCUT2D eigenvalue weighted by Crippen LogP contribution is -2.41. The Morgan fingerprint density at radius 1 is 1.14 bits per heavy atom. The van der Waals surface area contributed by atoms with Crippen molar-refractivity contribution >= 4 is 50.6 Å². The SMILES string of the molecule is CN(C)C1CCN(c2ccc(Nc3nc(N[C@@H]4[C@H]5C=CC(C5)[C@@H]4C(N)=O)c4sccc4n3)cc2)C1. The first-order valence-electron chi connectivity index (χ1n) is 12.2. The molecule has 3 heterocycles. The van der Waals surface area contributed by atoms with Crippen LogP contribution in [0.3, 0.4) is 0 Å². The summed E-state index contributed by atoms with van der Waals surface area (Å²) in [5.41, 5.74) is 8.83. The molecule has 182 valence electrons. The normalized spacial score (nSPS) is 27.3. The van der Waals surface area contributed by atoms with Gasteiger partial charge in [0.1, 0.15) is 5.82 Å². The number of allylic oxidation sites excluding steroid dienone is 1. The van der Waals surface area contributed by atoms with E-state index in [-0.39, 0.29) is 23.8 Å². The van der Waals surface area contributed by atoms with Crippen LogP contribution in [0.4, 0.5) is 23.1 Å². The summed E-state index contributed by atoms with van der Waals surface area (Å²) in [5, 5.41) is 8.97. The second-order valence-corrected chi connectivity index (χ2v) is 11.0. The first kappa shape index (κ1) is 22.3. The Morgan fingerprint density at radius 3 is 2.69 bits per heavy atom. The van der Waals surface area contributed by atoms with E-state index in [0.717, 1.165) is 41.2 Å². The average molecular weight is 490 g/mol. The van der Waals surface area contributed by atoms with Gasteiger partial charge in [-0.2, -0.15) is 4.98 Å².